The molecule has 0 aliphatic heterocycles. The Labute approximate surface area is 106 Å². The van der Waals surface area contributed by atoms with Crippen molar-refractivity contribution in [2.75, 3.05) is 0 Å². The molecule has 4 nitrogen and oxygen atoms in total. The number of aryl methyl sites for hydroxylation is 2. The average molecular weight is 243 g/mol. The Hall–Kier alpha value is -1.94. The Balaban J connectivity index is 2.21. The Morgan fingerprint density at radius 3 is 2.72 bits per heavy atom. The molecule has 1 aromatic heterocycles. The smallest absolute Gasteiger partial charge is 0.267 e. The minimum absolute atomic E-state index is 0.113. The predicted octanol–water partition coefficient (Wildman–Crippen LogP) is 1.56. The van der Waals surface area contributed by atoms with Crippen LogP contribution in [0.3, 0.4) is 0 Å². The average Bonchev–Trinajstić information content (AvgIpc) is 2.32. The van der Waals surface area contributed by atoms with Gasteiger partial charge in [-0.15, -0.1) is 0 Å². The molecule has 0 saturated carbocycles. The third-order valence-corrected chi connectivity index (χ3v) is 2.85. The SMILES string of the molecule is Cc1cccc(C(N)Cn2ncc(C)cc2=O)c1. The van der Waals surface area contributed by atoms with Gasteiger partial charge in [0.05, 0.1) is 12.7 Å². The van der Waals surface area contributed by atoms with Gasteiger partial charge in [-0.2, -0.15) is 5.10 Å². The van der Waals surface area contributed by atoms with E-state index in [1.165, 1.54) is 4.68 Å². The maximum atomic E-state index is 11.7. The number of nitrogens with zero attached hydrogens (tertiary/aromatic N) is 2. The van der Waals surface area contributed by atoms with Crippen molar-refractivity contribution in [2.24, 2.45) is 5.73 Å². The van der Waals surface area contributed by atoms with Crippen LogP contribution in [-0.4, -0.2) is 9.78 Å². The van der Waals surface area contributed by atoms with Gasteiger partial charge in [-0.3, -0.25) is 4.79 Å². The van der Waals surface area contributed by atoms with Gasteiger partial charge in [-0.25, -0.2) is 4.68 Å². The lowest BCUT2D eigenvalue weighted by atomic mass is 10.1. The molecule has 0 aliphatic rings. The number of hydrogen-bond acceptors (Lipinski definition) is 3. The fourth-order valence-corrected chi connectivity index (χ4v) is 1.85. The Morgan fingerprint density at radius 2 is 2.06 bits per heavy atom. The van der Waals surface area contributed by atoms with Crippen molar-refractivity contribution >= 4 is 0 Å². The van der Waals surface area contributed by atoms with Crippen LogP contribution in [0, 0.1) is 13.8 Å². The molecule has 1 unspecified atom stereocenters. The van der Waals surface area contributed by atoms with E-state index in [9.17, 15) is 4.79 Å². The summed E-state index contributed by atoms with van der Waals surface area (Å²) in [6, 6.07) is 9.33. The standard InChI is InChI=1S/C14H17N3O/c1-10-4-3-5-12(6-10)13(15)9-17-14(18)7-11(2)8-16-17/h3-8,13H,9,15H2,1-2H3. The number of benzene rings is 1. The molecule has 0 fully saturated rings. The molecular weight excluding hydrogens is 226 g/mol. The molecule has 2 aromatic rings. The van der Waals surface area contributed by atoms with Crippen LogP contribution in [0.15, 0.2) is 41.3 Å². The molecule has 0 aliphatic carbocycles. The summed E-state index contributed by atoms with van der Waals surface area (Å²) in [6.45, 7) is 4.26. The van der Waals surface area contributed by atoms with Gasteiger partial charge >= 0.3 is 0 Å². The highest BCUT2D eigenvalue weighted by Gasteiger charge is 2.08. The molecule has 0 bridgehead atoms. The molecule has 0 spiro atoms. The fraction of sp³-hybridized carbons (Fsp3) is 0.286. The van der Waals surface area contributed by atoms with Gasteiger partial charge in [0.2, 0.25) is 0 Å². The molecular formula is C14H17N3O. The minimum Gasteiger partial charge on any atom is -0.322 e. The first-order valence-corrected chi connectivity index (χ1v) is 5.92. The first-order valence-electron chi connectivity index (χ1n) is 5.92. The number of nitrogens with two attached hydrogens (primary N) is 1. The predicted molar refractivity (Wildman–Crippen MR) is 71.3 cm³/mol. The molecule has 0 saturated heterocycles. The van der Waals surface area contributed by atoms with E-state index in [4.69, 9.17) is 5.73 Å². The van der Waals surface area contributed by atoms with E-state index >= 15 is 0 Å². The van der Waals surface area contributed by atoms with Crippen LogP contribution < -0.4 is 11.3 Å². The second-order valence-electron chi connectivity index (χ2n) is 4.57. The van der Waals surface area contributed by atoms with Gasteiger partial charge in [0.1, 0.15) is 0 Å². The first kappa shape index (κ1) is 12.5. The van der Waals surface area contributed by atoms with E-state index in [2.05, 4.69) is 5.10 Å². The first-order chi connectivity index (χ1) is 8.56. The van der Waals surface area contributed by atoms with Crippen molar-refractivity contribution in [3.05, 3.63) is 63.6 Å². The lowest BCUT2D eigenvalue weighted by Crippen LogP contribution is -2.28. The summed E-state index contributed by atoms with van der Waals surface area (Å²) in [5.41, 5.74) is 9.03. The molecule has 4 heteroatoms. The van der Waals surface area contributed by atoms with Gasteiger partial charge in [0.25, 0.3) is 5.56 Å². The zero-order chi connectivity index (χ0) is 13.1. The maximum absolute atomic E-state index is 11.7. The lowest BCUT2D eigenvalue weighted by molar-refractivity contribution is 0.502. The zero-order valence-electron chi connectivity index (χ0n) is 10.6. The second kappa shape index (κ2) is 5.14. The van der Waals surface area contributed by atoms with Gasteiger partial charge in [0.15, 0.2) is 0 Å². The third kappa shape index (κ3) is 2.84. The quantitative estimate of drug-likeness (QED) is 0.890. The minimum atomic E-state index is -0.224. The van der Waals surface area contributed by atoms with Gasteiger partial charge in [-0.1, -0.05) is 29.8 Å². The van der Waals surface area contributed by atoms with E-state index in [0.717, 1.165) is 16.7 Å². The van der Waals surface area contributed by atoms with E-state index in [-0.39, 0.29) is 11.6 Å². The Kier molecular flexibility index (Phi) is 3.58. The summed E-state index contributed by atoms with van der Waals surface area (Å²) in [7, 11) is 0. The maximum Gasteiger partial charge on any atom is 0.267 e. The number of hydrogen-bond donors (Lipinski definition) is 1. The molecule has 0 amide bonds. The highest BCUT2D eigenvalue weighted by molar-refractivity contribution is 5.24. The Morgan fingerprint density at radius 1 is 1.28 bits per heavy atom. The summed E-state index contributed by atoms with van der Waals surface area (Å²) in [6.07, 6.45) is 1.67. The van der Waals surface area contributed by atoms with Crippen LogP contribution in [-0.2, 0) is 6.54 Å². The lowest BCUT2D eigenvalue weighted by Gasteiger charge is -2.13. The number of rotatable bonds is 3. The third-order valence-electron chi connectivity index (χ3n) is 2.85. The second-order valence-corrected chi connectivity index (χ2v) is 4.57. The molecule has 18 heavy (non-hydrogen) atoms. The molecule has 2 N–H and O–H groups in total. The van der Waals surface area contributed by atoms with Crippen molar-refractivity contribution in [2.45, 2.75) is 26.4 Å². The van der Waals surface area contributed by atoms with E-state index in [1.54, 1.807) is 12.3 Å². The highest BCUT2D eigenvalue weighted by atomic mass is 16.1. The van der Waals surface area contributed by atoms with E-state index < -0.39 is 0 Å². The van der Waals surface area contributed by atoms with E-state index in [0.29, 0.717) is 6.54 Å². The van der Waals surface area contributed by atoms with Crippen molar-refractivity contribution in [3.8, 4) is 0 Å². The van der Waals surface area contributed by atoms with Crippen LogP contribution in [0.1, 0.15) is 22.7 Å². The summed E-state index contributed by atoms with van der Waals surface area (Å²) < 4.78 is 1.40. The number of aromatic nitrogens is 2. The van der Waals surface area contributed by atoms with Crippen molar-refractivity contribution < 1.29 is 0 Å². The Bertz CT molecular complexity index is 604. The van der Waals surface area contributed by atoms with Crippen LogP contribution in [0.5, 0.6) is 0 Å². The normalized spacial score (nSPS) is 12.4. The molecule has 94 valence electrons. The largest absolute Gasteiger partial charge is 0.322 e. The highest BCUT2D eigenvalue weighted by Crippen LogP contribution is 2.13. The summed E-state index contributed by atoms with van der Waals surface area (Å²) >= 11 is 0. The van der Waals surface area contributed by atoms with Crippen LogP contribution in [0.4, 0.5) is 0 Å². The zero-order valence-corrected chi connectivity index (χ0v) is 10.6. The van der Waals surface area contributed by atoms with Crippen molar-refractivity contribution in [1.82, 2.24) is 9.78 Å². The summed E-state index contributed by atoms with van der Waals surface area (Å²) in [5, 5.41) is 4.09. The topological polar surface area (TPSA) is 60.9 Å². The van der Waals surface area contributed by atoms with Crippen molar-refractivity contribution in [3.63, 3.8) is 0 Å². The van der Waals surface area contributed by atoms with Crippen LogP contribution >= 0.6 is 0 Å². The fourth-order valence-electron chi connectivity index (χ4n) is 1.85. The van der Waals surface area contributed by atoms with E-state index in [1.807, 2.05) is 38.1 Å². The molecule has 2 rings (SSSR count). The molecule has 0 radical (unpaired) electrons. The summed E-state index contributed by atoms with van der Waals surface area (Å²) in [4.78, 5) is 11.7. The van der Waals surface area contributed by atoms with Crippen molar-refractivity contribution in [1.29, 1.82) is 0 Å². The molecule has 1 aromatic carbocycles. The van der Waals surface area contributed by atoms with Crippen LogP contribution in [0.25, 0.3) is 0 Å². The molecule has 1 heterocycles. The van der Waals surface area contributed by atoms with Gasteiger partial charge in [-0.05, 0) is 25.0 Å². The molecule has 1 atom stereocenters. The van der Waals surface area contributed by atoms with Gasteiger partial charge < -0.3 is 5.73 Å². The summed E-state index contributed by atoms with van der Waals surface area (Å²) in [5.74, 6) is 0. The monoisotopic (exact) mass is 243 g/mol. The van der Waals surface area contributed by atoms with Gasteiger partial charge in [0, 0.05) is 12.1 Å². The van der Waals surface area contributed by atoms with Crippen LogP contribution in [0.2, 0.25) is 0 Å².